The molecule has 0 aromatic heterocycles. The first-order chi connectivity index (χ1) is 8.78. The maximum atomic E-state index is 12.9. The van der Waals surface area contributed by atoms with Gasteiger partial charge in [-0.3, -0.25) is 0 Å². The van der Waals surface area contributed by atoms with E-state index in [2.05, 4.69) is 4.74 Å². The van der Waals surface area contributed by atoms with Crippen molar-refractivity contribution in [2.75, 3.05) is 13.2 Å². The van der Waals surface area contributed by atoms with Crippen LogP contribution in [0.5, 0.6) is 0 Å². The summed E-state index contributed by atoms with van der Waals surface area (Å²) in [6.45, 7) is -1.35. The second-order valence-corrected chi connectivity index (χ2v) is 4.58. The Morgan fingerprint density at radius 3 is 2.58 bits per heavy atom. The van der Waals surface area contributed by atoms with Gasteiger partial charge in [0.15, 0.2) is 0 Å². The van der Waals surface area contributed by atoms with Gasteiger partial charge in [-0.1, -0.05) is 17.7 Å². The lowest BCUT2D eigenvalue weighted by atomic mass is 10.0. The van der Waals surface area contributed by atoms with Crippen LogP contribution in [0.1, 0.15) is 12.0 Å². The molecule has 7 heteroatoms. The molecule has 0 aliphatic rings. The summed E-state index contributed by atoms with van der Waals surface area (Å²) in [5.74, 6) is -0.521. The van der Waals surface area contributed by atoms with Crippen molar-refractivity contribution in [3.8, 4) is 0 Å². The third-order valence-electron chi connectivity index (χ3n) is 2.38. The van der Waals surface area contributed by atoms with Crippen molar-refractivity contribution in [3.63, 3.8) is 0 Å². The second kappa shape index (κ2) is 7.07. The van der Waals surface area contributed by atoms with Crippen molar-refractivity contribution in [2.24, 2.45) is 5.73 Å². The summed E-state index contributed by atoms with van der Waals surface area (Å²) in [4.78, 5) is 0. The number of rotatable bonds is 6. The Hall–Kier alpha value is -0.850. The quantitative estimate of drug-likeness (QED) is 0.646. The Kier molecular flexibility index (Phi) is 6.03. The zero-order chi connectivity index (χ0) is 14.5. The molecule has 1 aromatic rings. The van der Waals surface area contributed by atoms with Gasteiger partial charge in [-0.05, 0) is 30.5 Å². The van der Waals surface area contributed by atoms with E-state index in [1.807, 2.05) is 0 Å². The van der Waals surface area contributed by atoms with E-state index in [0.717, 1.165) is 5.56 Å². The Bertz CT molecular complexity index is 411. The highest BCUT2D eigenvalue weighted by Crippen LogP contribution is 2.17. The smallest absolute Gasteiger partial charge is 0.372 e. The van der Waals surface area contributed by atoms with Crippen LogP contribution in [0.4, 0.5) is 17.6 Å². The van der Waals surface area contributed by atoms with E-state index < -0.39 is 18.6 Å². The molecule has 0 bridgehead atoms. The molecule has 0 saturated heterocycles. The number of ether oxygens (including phenoxy) is 1. The van der Waals surface area contributed by atoms with Crippen molar-refractivity contribution in [1.29, 1.82) is 0 Å². The summed E-state index contributed by atoms with van der Waals surface area (Å²) < 4.78 is 52.8. The highest BCUT2D eigenvalue weighted by Gasteiger charge is 2.27. The zero-order valence-electron chi connectivity index (χ0n) is 10.0. The standard InChI is InChI=1S/C12H14ClF4NO/c13-10-6-8(1-2-11(10)14)5-9(18)3-4-19-7-12(15,16)17/h1-2,6,9H,3-5,7,18H2. The van der Waals surface area contributed by atoms with Gasteiger partial charge in [-0.2, -0.15) is 13.2 Å². The number of halogens is 5. The van der Waals surface area contributed by atoms with Gasteiger partial charge in [0.05, 0.1) is 5.02 Å². The van der Waals surface area contributed by atoms with Crippen LogP contribution in [0.2, 0.25) is 5.02 Å². The molecular weight excluding hydrogens is 286 g/mol. The van der Waals surface area contributed by atoms with Gasteiger partial charge in [0.2, 0.25) is 0 Å². The lowest BCUT2D eigenvalue weighted by Gasteiger charge is -2.13. The first-order valence-electron chi connectivity index (χ1n) is 5.62. The molecule has 1 aromatic carbocycles. The van der Waals surface area contributed by atoms with Gasteiger partial charge in [-0.25, -0.2) is 4.39 Å². The van der Waals surface area contributed by atoms with Gasteiger partial charge in [-0.15, -0.1) is 0 Å². The van der Waals surface area contributed by atoms with Crippen LogP contribution in [0.3, 0.4) is 0 Å². The Balaban J connectivity index is 2.31. The first kappa shape index (κ1) is 16.2. The van der Waals surface area contributed by atoms with Gasteiger partial charge >= 0.3 is 6.18 Å². The highest BCUT2D eigenvalue weighted by molar-refractivity contribution is 6.30. The molecule has 0 heterocycles. The summed E-state index contributed by atoms with van der Waals surface area (Å²) in [5.41, 5.74) is 6.48. The Morgan fingerprint density at radius 1 is 1.32 bits per heavy atom. The second-order valence-electron chi connectivity index (χ2n) is 4.17. The molecule has 0 saturated carbocycles. The number of hydrogen-bond donors (Lipinski definition) is 1. The largest absolute Gasteiger partial charge is 0.411 e. The monoisotopic (exact) mass is 299 g/mol. The van der Waals surface area contributed by atoms with Crippen LogP contribution in [-0.2, 0) is 11.2 Å². The first-order valence-corrected chi connectivity index (χ1v) is 6.00. The average molecular weight is 300 g/mol. The molecule has 0 aliphatic carbocycles. The van der Waals surface area contributed by atoms with Crippen LogP contribution in [0.15, 0.2) is 18.2 Å². The molecule has 1 atom stereocenters. The van der Waals surface area contributed by atoms with Crippen LogP contribution in [-0.4, -0.2) is 25.4 Å². The van der Waals surface area contributed by atoms with Crippen LogP contribution < -0.4 is 5.73 Å². The molecule has 0 amide bonds. The predicted molar refractivity (Wildman–Crippen MR) is 64.6 cm³/mol. The molecule has 0 fully saturated rings. The third kappa shape index (κ3) is 6.75. The van der Waals surface area contributed by atoms with E-state index >= 15 is 0 Å². The van der Waals surface area contributed by atoms with Crippen LogP contribution in [0, 0.1) is 5.82 Å². The molecule has 0 radical (unpaired) electrons. The minimum Gasteiger partial charge on any atom is -0.372 e. The highest BCUT2D eigenvalue weighted by atomic mass is 35.5. The maximum absolute atomic E-state index is 12.9. The summed E-state index contributed by atoms with van der Waals surface area (Å²) in [6.07, 6.45) is -3.64. The molecule has 2 nitrogen and oxygen atoms in total. The minimum absolute atomic E-state index is 0.00183. The van der Waals surface area contributed by atoms with Crippen LogP contribution >= 0.6 is 11.6 Å². The van der Waals surface area contributed by atoms with E-state index in [9.17, 15) is 17.6 Å². The Labute approximate surface area is 113 Å². The minimum atomic E-state index is -4.32. The average Bonchev–Trinajstić information content (AvgIpc) is 2.28. The Morgan fingerprint density at radius 2 is 2.00 bits per heavy atom. The van der Waals surface area contributed by atoms with E-state index in [1.54, 1.807) is 0 Å². The van der Waals surface area contributed by atoms with Gasteiger partial charge in [0, 0.05) is 12.6 Å². The molecule has 108 valence electrons. The fourth-order valence-electron chi connectivity index (χ4n) is 1.49. The maximum Gasteiger partial charge on any atom is 0.411 e. The fourth-order valence-corrected chi connectivity index (χ4v) is 1.70. The van der Waals surface area contributed by atoms with Crippen LogP contribution in [0.25, 0.3) is 0 Å². The van der Waals surface area contributed by atoms with E-state index in [1.165, 1.54) is 18.2 Å². The number of nitrogens with two attached hydrogens (primary N) is 1. The van der Waals surface area contributed by atoms with Gasteiger partial charge in [0.25, 0.3) is 0 Å². The van der Waals surface area contributed by atoms with E-state index in [-0.39, 0.29) is 24.1 Å². The summed E-state index contributed by atoms with van der Waals surface area (Å²) >= 11 is 5.61. The van der Waals surface area contributed by atoms with Crippen molar-refractivity contribution < 1.29 is 22.3 Å². The predicted octanol–water partition coefficient (Wildman–Crippen LogP) is 3.32. The molecule has 0 aliphatic heterocycles. The lowest BCUT2D eigenvalue weighted by Crippen LogP contribution is -2.26. The number of hydrogen-bond acceptors (Lipinski definition) is 2. The SMILES string of the molecule is NC(CCOCC(F)(F)F)Cc1ccc(F)c(Cl)c1. The molecule has 1 rings (SSSR count). The zero-order valence-corrected chi connectivity index (χ0v) is 10.8. The van der Waals surface area contributed by atoms with Gasteiger partial charge in [0.1, 0.15) is 12.4 Å². The van der Waals surface area contributed by atoms with Crippen molar-refractivity contribution in [2.45, 2.75) is 25.1 Å². The molecule has 0 spiro atoms. The fraction of sp³-hybridized carbons (Fsp3) is 0.500. The van der Waals surface area contributed by atoms with Crippen molar-refractivity contribution in [3.05, 3.63) is 34.6 Å². The molecule has 19 heavy (non-hydrogen) atoms. The van der Waals surface area contributed by atoms with Crippen molar-refractivity contribution >= 4 is 11.6 Å². The normalized spacial score (nSPS) is 13.6. The third-order valence-corrected chi connectivity index (χ3v) is 2.67. The number of benzene rings is 1. The van der Waals surface area contributed by atoms with E-state index in [4.69, 9.17) is 17.3 Å². The van der Waals surface area contributed by atoms with Gasteiger partial charge < -0.3 is 10.5 Å². The van der Waals surface area contributed by atoms with E-state index in [0.29, 0.717) is 6.42 Å². The number of alkyl halides is 3. The summed E-state index contributed by atoms with van der Waals surface area (Å²) in [7, 11) is 0. The topological polar surface area (TPSA) is 35.2 Å². The summed E-state index contributed by atoms with van der Waals surface area (Å²) in [5, 5.41) is -0.00183. The lowest BCUT2D eigenvalue weighted by molar-refractivity contribution is -0.174. The molecule has 1 unspecified atom stereocenters. The summed E-state index contributed by atoms with van der Waals surface area (Å²) in [6, 6.07) is 3.85. The molecular formula is C12H14ClF4NO. The van der Waals surface area contributed by atoms with Crippen molar-refractivity contribution in [1.82, 2.24) is 0 Å². The molecule has 2 N–H and O–H groups in total.